The summed E-state index contributed by atoms with van der Waals surface area (Å²) in [6.45, 7) is 2.56. The lowest BCUT2D eigenvalue weighted by atomic mass is 10.1. The van der Waals surface area contributed by atoms with Gasteiger partial charge in [-0.15, -0.1) is 0 Å². The van der Waals surface area contributed by atoms with Gasteiger partial charge in [-0.3, -0.25) is 5.10 Å². The van der Waals surface area contributed by atoms with Crippen LogP contribution in [-0.2, 0) is 6.54 Å². The van der Waals surface area contributed by atoms with Gasteiger partial charge in [-0.1, -0.05) is 29.8 Å². The first kappa shape index (κ1) is 8.97. The maximum Gasteiger partial charge on any atom is 0.0569 e. The summed E-state index contributed by atoms with van der Waals surface area (Å²) >= 11 is 0. The fourth-order valence-corrected chi connectivity index (χ4v) is 1.45. The van der Waals surface area contributed by atoms with Gasteiger partial charge >= 0.3 is 0 Å². The molecule has 72 valence electrons. The Kier molecular flexibility index (Phi) is 2.33. The quantitative estimate of drug-likeness (QED) is 0.753. The summed E-state index contributed by atoms with van der Waals surface area (Å²) in [5.74, 6) is 0. The summed E-state index contributed by atoms with van der Waals surface area (Å²) in [6, 6.07) is 8.34. The first-order valence-electron chi connectivity index (χ1n) is 4.60. The van der Waals surface area contributed by atoms with Gasteiger partial charge in [-0.2, -0.15) is 5.10 Å². The van der Waals surface area contributed by atoms with Gasteiger partial charge in [0.2, 0.25) is 0 Å². The number of H-pyrrole nitrogens is 1. The van der Waals surface area contributed by atoms with Crippen molar-refractivity contribution in [3.63, 3.8) is 0 Å². The Morgan fingerprint density at radius 3 is 2.64 bits per heavy atom. The second-order valence-electron chi connectivity index (χ2n) is 3.33. The van der Waals surface area contributed by atoms with Crippen molar-refractivity contribution in [3.05, 3.63) is 41.7 Å². The molecular weight excluding hydrogens is 174 g/mol. The molecule has 3 N–H and O–H groups in total. The van der Waals surface area contributed by atoms with E-state index < -0.39 is 0 Å². The Hall–Kier alpha value is -1.61. The smallest absolute Gasteiger partial charge is 0.0569 e. The minimum absolute atomic E-state index is 0.489. The number of nitrogens with one attached hydrogen (secondary N) is 1. The number of hydrogen-bond donors (Lipinski definition) is 2. The topological polar surface area (TPSA) is 54.7 Å². The van der Waals surface area contributed by atoms with Gasteiger partial charge in [0.15, 0.2) is 0 Å². The third-order valence-corrected chi connectivity index (χ3v) is 2.28. The van der Waals surface area contributed by atoms with Gasteiger partial charge < -0.3 is 5.73 Å². The van der Waals surface area contributed by atoms with E-state index in [0.717, 1.165) is 16.8 Å². The van der Waals surface area contributed by atoms with Crippen molar-refractivity contribution < 1.29 is 0 Å². The van der Waals surface area contributed by atoms with Crippen molar-refractivity contribution in [2.24, 2.45) is 5.73 Å². The van der Waals surface area contributed by atoms with Crippen LogP contribution in [0.25, 0.3) is 11.1 Å². The molecule has 0 aliphatic rings. The molecule has 0 saturated heterocycles. The maximum absolute atomic E-state index is 5.59. The van der Waals surface area contributed by atoms with Crippen LogP contribution in [-0.4, -0.2) is 10.2 Å². The lowest BCUT2D eigenvalue weighted by molar-refractivity contribution is 0.948. The molecule has 0 aliphatic heterocycles. The van der Waals surface area contributed by atoms with Crippen LogP contribution in [0.3, 0.4) is 0 Å². The van der Waals surface area contributed by atoms with Crippen LogP contribution in [0.1, 0.15) is 11.3 Å². The number of hydrogen-bond acceptors (Lipinski definition) is 2. The zero-order valence-electron chi connectivity index (χ0n) is 8.12. The third-order valence-electron chi connectivity index (χ3n) is 2.28. The van der Waals surface area contributed by atoms with Crippen molar-refractivity contribution in [1.82, 2.24) is 10.2 Å². The summed E-state index contributed by atoms with van der Waals surface area (Å²) in [5, 5.41) is 6.88. The number of aryl methyl sites for hydroxylation is 1. The molecule has 0 radical (unpaired) electrons. The zero-order chi connectivity index (χ0) is 9.97. The van der Waals surface area contributed by atoms with Gasteiger partial charge in [0.1, 0.15) is 0 Å². The molecule has 0 aliphatic carbocycles. The van der Waals surface area contributed by atoms with Crippen LogP contribution in [0.4, 0.5) is 0 Å². The summed E-state index contributed by atoms with van der Waals surface area (Å²) in [4.78, 5) is 0. The minimum Gasteiger partial charge on any atom is -0.325 e. The van der Waals surface area contributed by atoms with Crippen molar-refractivity contribution in [1.29, 1.82) is 0 Å². The number of rotatable bonds is 2. The zero-order valence-corrected chi connectivity index (χ0v) is 8.12. The van der Waals surface area contributed by atoms with E-state index in [-0.39, 0.29) is 0 Å². The molecule has 2 rings (SSSR count). The molecule has 1 aromatic carbocycles. The molecule has 0 atom stereocenters. The Morgan fingerprint density at radius 1 is 1.29 bits per heavy atom. The SMILES string of the molecule is Cc1ccc(-c2cn[nH]c2CN)cc1. The van der Waals surface area contributed by atoms with E-state index in [9.17, 15) is 0 Å². The molecule has 2 aromatic rings. The lowest BCUT2D eigenvalue weighted by Gasteiger charge is -2.01. The summed E-state index contributed by atoms with van der Waals surface area (Å²) in [7, 11) is 0. The van der Waals surface area contributed by atoms with Crippen LogP contribution < -0.4 is 5.73 Å². The number of aromatic nitrogens is 2. The summed E-state index contributed by atoms with van der Waals surface area (Å²) < 4.78 is 0. The third kappa shape index (κ3) is 1.54. The molecular formula is C11H13N3. The summed E-state index contributed by atoms with van der Waals surface area (Å²) in [5.41, 5.74) is 10.1. The van der Waals surface area contributed by atoms with E-state index in [1.54, 1.807) is 0 Å². The monoisotopic (exact) mass is 187 g/mol. The average molecular weight is 187 g/mol. The van der Waals surface area contributed by atoms with Crippen LogP contribution in [0.2, 0.25) is 0 Å². The second kappa shape index (κ2) is 3.64. The van der Waals surface area contributed by atoms with E-state index in [0.29, 0.717) is 6.54 Å². The van der Waals surface area contributed by atoms with E-state index in [1.807, 2.05) is 6.20 Å². The van der Waals surface area contributed by atoms with Gasteiger partial charge in [0.25, 0.3) is 0 Å². The highest BCUT2D eigenvalue weighted by Gasteiger charge is 2.04. The second-order valence-corrected chi connectivity index (χ2v) is 3.33. The molecule has 1 aromatic heterocycles. The van der Waals surface area contributed by atoms with Crippen molar-refractivity contribution in [2.75, 3.05) is 0 Å². The first-order chi connectivity index (χ1) is 6.81. The van der Waals surface area contributed by atoms with E-state index in [1.165, 1.54) is 5.56 Å². The number of benzene rings is 1. The molecule has 3 heteroatoms. The van der Waals surface area contributed by atoms with E-state index in [2.05, 4.69) is 41.4 Å². The normalized spacial score (nSPS) is 10.4. The highest BCUT2D eigenvalue weighted by Crippen LogP contribution is 2.21. The molecule has 1 heterocycles. The molecule has 0 bridgehead atoms. The molecule has 0 amide bonds. The van der Waals surface area contributed by atoms with Crippen LogP contribution in [0.15, 0.2) is 30.5 Å². The molecule has 0 fully saturated rings. The van der Waals surface area contributed by atoms with Gasteiger partial charge in [0, 0.05) is 12.1 Å². The standard InChI is InChI=1S/C11H13N3/c1-8-2-4-9(5-3-8)10-7-13-14-11(10)6-12/h2-5,7H,6,12H2,1H3,(H,13,14). The van der Waals surface area contributed by atoms with Crippen molar-refractivity contribution in [2.45, 2.75) is 13.5 Å². The van der Waals surface area contributed by atoms with Crippen molar-refractivity contribution >= 4 is 0 Å². The molecule has 14 heavy (non-hydrogen) atoms. The molecule has 0 unspecified atom stereocenters. The Bertz CT molecular complexity index is 414. The van der Waals surface area contributed by atoms with Crippen LogP contribution in [0.5, 0.6) is 0 Å². The number of aromatic amines is 1. The van der Waals surface area contributed by atoms with E-state index in [4.69, 9.17) is 5.73 Å². The largest absolute Gasteiger partial charge is 0.325 e. The van der Waals surface area contributed by atoms with Crippen molar-refractivity contribution in [3.8, 4) is 11.1 Å². The first-order valence-corrected chi connectivity index (χ1v) is 4.60. The predicted molar refractivity (Wildman–Crippen MR) is 56.7 cm³/mol. The predicted octanol–water partition coefficient (Wildman–Crippen LogP) is 1.84. The Morgan fingerprint density at radius 2 is 2.00 bits per heavy atom. The maximum atomic E-state index is 5.59. The Balaban J connectivity index is 2.44. The number of nitrogens with two attached hydrogens (primary N) is 1. The molecule has 0 saturated carbocycles. The van der Waals surface area contributed by atoms with Gasteiger partial charge in [0.05, 0.1) is 11.9 Å². The van der Waals surface area contributed by atoms with Gasteiger partial charge in [-0.05, 0) is 12.5 Å². The lowest BCUT2D eigenvalue weighted by Crippen LogP contribution is -1.98. The van der Waals surface area contributed by atoms with E-state index >= 15 is 0 Å². The fourth-order valence-electron chi connectivity index (χ4n) is 1.45. The number of nitrogens with zero attached hydrogens (tertiary/aromatic N) is 1. The highest BCUT2D eigenvalue weighted by atomic mass is 15.1. The Labute approximate surface area is 83.0 Å². The molecule has 0 spiro atoms. The fraction of sp³-hybridized carbons (Fsp3) is 0.182. The average Bonchev–Trinajstić information content (AvgIpc) is 2.67. The van der Waals surface area contributed by atoms with Gasteiger partial charge in [-0.25, -0.2) is 0 Å². The molecule has 3 nitrogen and oxygen atoms in total. The minimum atomic E-state index is 0.489. The highest BCUT2D eigenvalue weighted by molar-refractivity contribution is 5.65. The summed E-state index contributed by atoms with van der Waals surface area (Å²) in [6.07, 6.45) is 1.81. The van der Waals surface area contributed by atoms with Crippen LogP contribution in [0, 0.1) is 6.92 Å². The van der Waals surface area contributed by atoms with Crippen LogP contribution >= 0.6 is 0 Å².